The Morgan fingerprint density at radius 3 is 2.13 bits per heavy atom. The van der Waals surface area contributed by atoms with Crippen LogP contribution >= 0.6 is 0 Å². The first-order valence-corrected chi connectivity index (χ1v) is 6.90. The Hall–Kier alpha value is -0.620. The molecule has 0 unspecified atom stereocenters. The Labute approximate surface area is 90.5 Å². The lowest BCUT2D eigenvalue weighted by atomic mass is 10.0. The standard InChI is InChI=1S/C9H18N2O3S/c1-7(2)8(10)9(12)11-3-5-15(13,14)6-4-11/h7-8H,3-6,10H2,1-2H3/t8-/m1/s1. The van der Waals surface area contributed by atoms with Crippen molar-refractivity contribution < 1.29 is 13.2 Å². The van der Waals surface area contributed by atoms with Gasteiger partial charge in [-0.25, -0.2) is 8.42 Å². The molecule has 0 aromatic heterocycles. The predicted octanol–water partition coefficient (Wildman–Crippen LogP) is -0.773. The Morgan fingerprint density at radius 2 is 1.73 bits per heavy atom. The number of sulfone groups is 1. The second-order valence-electron chi connectivity index (χ2n) is 4.25. The topological polar surface area (TPSA) is 80.5 Å². The molecule has 1 rings (SSSR count). The largest absolute Gasteiger partial charge is 0.339 e. The van der Waals surface area contributed by atoms with Crippen LogP contribution in [-0.4, -0.2) is 49.9 Å². The summed E-state index contributed by atoms with van der Waals surface area (Å²) in [5.41, 5.74) is 5.72. The van der Waals surface area contributed by atoms with Crippen molar-refractivity contribution >= 4 is 15.7 Å². The second kappa shape index (κ2) is 4.49. The van der Waals surface area contributed by atoms with E-state index in [1.54, 1.807) is 4.90 Å². The zero-order valence-electron chi connectivity index (χ0n) is 9.14. The fraction of sp³-hybridized carbons (Fsp3) is 0.889. The number of nitrogens with two attached hydrogens (primary N) is 1. The van der Waals surface area contributed by atoms with Gasteiger partial charge in [0.25, 0.3) is 0 Å². The highest BCUT2D eigenvalue weighted by atomic mass is 32.2. The zero-order valence-corrected chi connectivity index (χ0v) is 9.96. The van der Waals surface area contributed by atoms with Crippen molar-refractivity contribution in [3.63, 3.8) is 0 Å². The summed E-state index contributed by atoms with van der Waals surface area (Å²) in [4.78, 5) is 13.3. The maximum absolute atomic E-state index is 11.8. The molecule has 5 nitrogen and oxygen atoms in total. The number of hydrogen-bond acceptors (Lipinski definition) is 4. The van der Waals surface area contributed by atoms with E-state index in [-0.39, 0.29) is 36.4 Å². The molecule has 0 radical (unpaired) electrons. The maximum atomic E-state index is 11.8. The number of carbonyl (C=O) groups excluding carboxylic acids is 1. The molecule has 1 saturated heterocycles. The molecule has 0 bridgehead atoms. The fourth-order valence-corrected chi connectivity index (χ4v) is 2.63. The molecule has 15 heavy (non-hydrogen) atoms. The third-order valence-corrected chi connectivity index (χ3v) is 4.27. The number of nitrogens with zero attached hydrogens (tertiary/aromatic N) is 1. The second-order valence-corrected chi connectivity index (χ2v) is 6.55. The summed E-state index contributed by atoms with van der Waals surface area (Å²) in [6.45, 7) is 4.32. The Kier molecular flexibility index (Phi) is 3.72. The first-order valence-electron chi connectivity index (χ1n) is 5.08. The van der Waals surface area contributed by atoms with Gasteiger partial charge in [-0.3, -0.25) is 4.79 Å². The van der Waals surface area contributed by atoms with E-state index in [1.165, 1.54) is 0 Å². The van der Waals surface area contributed by atoms with Crippen LogP contribution in [-0.2, 0) is 14.6 Å². The van der Waals surface area contributed by atoms with Gasteiger partial charge in [0.05, 0.1) is 17.5 Å². The van der Waals surface area contributed by atoms with Crippen LogP contribution in [0.2, 0.25) is 0 Å². The average molecular weight is 234 g/mol. The summed E-state index contributed by atoms with van der Waals surface area (Å²) < 4.78 is 22.3. The van der Waals surface area contributed by atoms with Crippen LogP contribution in [0.5, 0.6) is 0 Å². The molecule has 1 atom stereocenters. The van der Waals surface area contributed by atoms with Gasteiger partial charge in [0.15, 0.2) is 9.84 Å². The summed E-state index contributed by atoms with van der Waals surface area (Å²) >= 11 is 0. The van der Waals surface area contributed by atoms with Gasteiger partial charge in [-0.15, -0.1) is 0 Å². The van der Waals surface area contributed by atoms with Crippen LogP contribution in [0.15, 0.2) is 0 Å². The minimum atomic E-state index is -2.93. The molecule has 1 fully saturated rings. The van der Waals surface area contributed by atoms with Crippen LogP contribution < -0.4 is 5.73 Å². The summed E-state index contributed by atoms with van der Waals surface area (Å²) in [6.07, 6.45) is 0. The highest BCUT2D eigenvalue weighted by Gasteiger charge is 2.29. The van der Waals surface area contributed by atoms with E-state index in [0.29, 0.717) is 0 Å². The summed E-state index contributed by atoms with van der Waals surface area (Å²) in [6, 6.07) is -0.522. The van der Waals surface area contributed by atoms with E-state index in [1.807, 2.05) is 13.8 Å². The molecule has 1 aliphatic rings. The lowest BCUT2D eigenvalue weighted by Gasteiger charge is -2.30. The van der Waals surface area contributed by atoms with Gasteiger partial charge in [-0.2, -0.15) is 0 Å². The van der Waals surface area contributed by atoms with Gasteiger partial charge in [-0.1, -0.05) is 13.8 Å². The van der Waals surface area contributed by atoms with Crippen LogP contribution in [0, 0.1) is 5.92 Å². The van der Waals surface area contributed by atoms with Gasteiger partial charge in [0.2, 0.25) is 5.91 Å². The monoisotopic (exact) mass is 234 g/mol. The molecule has 0 aliphatic carbocycles. The third-order valence-electron chi connectivity index (χ3n) is 2.66. The van der Waals surface area contributed by atoms with Crippen molar-refractivity contribution in [3.8, 4) is 0 Å². The first-order chi connectivity index (χ1) is 6.83. The summed E-state index contributed by atoms with van der Waals surface area (Å²) in [7, 11) is -2.93. The van der Waals surface area contributed by atoms with E-state index >= 15 is 0 Å². The molecule has 1 heterocycles. The number of amides is 1. The highest BCUT2D eigenvalue weighted by molar-refractivity contribution is 7.91. The van der Waals surface area contributed by atoms with Gasteiger partial charge in [0.1, 0.15) is 0 Å². The number of rotatable bonds is 2. The molecular weight excluding hydrogens is 216 g/mol. The highest BCUT2D eigenvalue weighted by Crippen LogP contribution is 2.08. The van der Waals surface area contributed by atoms with Crippen molar-refractivity contribution in [1.82, 2.24) is 4.90 Å². The Balaban J connectivity index is 2.57. The van der Waals surface area contributed by atoms with E-state index in [4.69, 9.17) is 5.73 Å². The Morgan fingerprint density at radius 1 is 1.27 bits per heavy atom. The van der Waals surface area contributed by atoms with Crippen molar-refractivity contribution in [3.05, 3.63) is 0 Å². The molecule has 1 amide bonds. The third kappa shape index (κ3) is 3.17. The van der Waals surface area contributed by atoms with Gasteiger partial charge in [-0.05, 0) is 5.92 Å². The van der Waals surface area contributed by atoms with Crippen molar-refractivity contribution in [1.29, 1.82) is 0 Å². The minimum absolute atomic E-state index is 0.0591. The Bertz CT molecular complexity index is 323. The van der Waals surface area contributed by atoms with Crippen LogP contribution in [0.4, 0.5) is 0 Å². The molecule has 0 saturated carbocycles. The first kappa shape index (κ1) is 12.4. The summed E-state index contributed by atoms with van der Waals surface area (Å²) in [5, 5.41) is 0. The molecule has 2 N–H and O–H groups in total. The predicted molar refractivity (Wildman–Crippen MR) is 58.0 cm³/mol. The SMILES string of the molecule is CC(C)[C@@H](N)C(=O)N1CCS(=O)(=O)CC1. The molecule has 1 aliphatic heterocycles. The quantitative estimate of drug-likeness (QED) is 0.680. The number of hydrogen-bond donors (Lipinski definition) is 1. The zero-order chi connectivity index (χ0) is 11.6. The fourth-order valence-electron chi connectivity index (χ4n) is 1.43. The van der Waals surface area contributed by atoms with Gasteiger partial charge >= 0.3 is 0 Å². The summed E-state index contributed by atoms with van der Waals surface area (Å²) in [5.74, 6) is 0.0588. The molecule has 0 spiro atoms. The smallest absolute Gasteiger partial charge is 0.239 e. The van der Waals surface area contributed by atoms with E-state index < -0.39 is 15.9 Å². The van der Waals surface area contributed by atoms with Crippen LogP contribution in [0.3, 0.4) is 0 Å². The molecule has 6 heteroatoms. The lowest BCUT2D eigenvalue weighted by molar-refractivity contribution is -0.133. The normalized spacial score (nSPS) is 22.8. The van der Waals surface area contributed by atoms with Crippen molar-refractivity contribution in [2.24, 2.45) is 11.7 Å². The van der Waals surface area contributed by atoms with Gasteiger partial charge in [0, 0.05) is 13.1 Å². The van der Waals surface area contributed by atoms with Crippen molar-refractivity contribution in [2.75, 3.05) is 24.6 Å². The maximum Gasteiger partial charge on any atom is 0.239 e. The molecular formula is C9H18N2O3S. The van der Waals surface area contributed by atoms with Gasteiger partial charge < -0.3 is 10.6 Å². The molecule has 0 aromatic carbocycles. The minimum Gasteiger partial charge on any atom is -0.339 e. The average Bonchev–Trinajstić information content (AvgIpc) is 2.15. The van der Waals surface area contributed by atoms with E-state index in [2.05, 4.69) is 0 Å². The van der Waals surface area contributed by atoms with Crippen molar-refractivity contribution in [2.45, 2.75) is 19.9 Å². The van der Waals surface area contributed by atoms with Crippen LogP contribution in [0.1, 0.15) is 13.8 Å². The number of carbonyl (C=O) groups is 1. The molecule has 88 valence electrons. The lowest BCUT2D eigenvalue weighted by Crippen LogP contribution is -2.51. The van der Waals surface area contributed by atoms with E-state index in [0.717, 1.165) is 0 Å². The van der Waals surface area contributed by atoms with Crippen LogP contribution in [0.25, 0.3) is 0 Å². The van der Waals surface area contributed by atoms with E-state index in [9.17, 15) is 13.2 Å². The molecule has 0 aromatic rings.